The summed E-state index contributed by atoms with van der Waals surface area (Å²) in [7, 11) is -2.00. The third-order valence-corrected chi connectivity index (χ3v) is 3.56. The Morgan fingerprint density at radius 1 is 1.38 bits per heavy atom. The van der Waals surface area contributed by atoms with Crippen molar-refractivity contribution in [1.29, 1.82) is 0 Å². The summed E-state index contributed by atoms with van der Waals surface area (Å²) in [6.45, 7) is 0.447. The molecule has 0 spiro atoms. The van der Waals surface area contributed by atoms with Crippen LogP contribution >= 0.6 is 0 Å². The zero-order valence-electron chi connectivity index (χ0n) is 9.09. The fourth-order valence-electron chi connectivity index (χ4n) is 1.24. The van der Waals surface area contributed by atoms with Gasteiger partial charge >= 0.3 is 0 Å². The van der Waals surface area contributed by atoms with Gasteiger partial charge in [-0.05, 0) is 12.1 Å². The number of sulfonamides is 1. The Kier molecular flexibility index (Phi) is 4.88. The molecule has 0 radical (unpaired) electrons. The molecule has 5 nitrogen and oxygen atoms in total. The summed E-state index contributed by atoms with van der Waals surface area (Å²) in [6, 6.07) is 7.75. The molecule has 1 aromatic rings. The van der Waals surface area contributed by atoms with Crippen molar-refractivity contribution < 1.29 is 13.2 Å². The third kappa shape index (κ3) is 3.57. The molecule has 6 heteroatoms. The Balaban J connectivity index is 2.79. The van der Waals surface area contributed by atoms with Crippen LogP contribution in [0.5, 0.6) is 0 Å². The summed E-state index contributed by atoms with van der Waals surface area (Å²) in [5.41, 5.74) is 5.44. The van der Waals surface area contributed by atoms with Gasteiger partial charge in [-0.3, -0.25) is 0 Å². The summed E-state index contributed by atoms with van der Waals surface area (Å²) < 4.78 is 31.1. The van der Waals surface area contributed by atoms with Crippen molar-refractivity contribution in [1.82, 2.24) is 4.72 Å². The maximum Gasteiger partial charge on any atom is 0.240 e. The van der Waals surface area contributed by atoms with Gasteiger partial charge in [-0.25, -0.2) is 13.1 Å². The van der Waals surface area contributed by atoms with E-state index in [0.29, 0.717) is 0 Å². The predicted molar refractivity (Wildman–Crippen MR) is 61.5 cm³/mol. The lowest BCUT2D eigenvalue weighted by Gasteiger charge is -2.15. The molecule has 0 saturated heterocycles. The molecule has 3 N–H and O–H groups in total. The molecular formula is C10H16N2O3S. The van der Waals surface area contributed by atoms with Crippen molar-refractivity contribution in [3.8, 4) is 0 Å². The van der Waals surface area contributed by atoms with E-state index in [1.807, 2.05) is 0 Å². The van der Waals surface area contributed by atoms with Crippen LogP contribution in [0.3, 0.4) is 0 Å². The molecular weight excluding hydrogens is 228 g/mol. The van der Waals surface area contributed by atoms with E-state index in [1.165, 1.54) is 19.2 Å². The van der Waals surface area contributed by atoms with Crippen molar-refractivity contribution in [2.24, 2.45) is 5.73 Å². The van der Waals surface area contributed by atoms with E-state index >= 15 is 0 Å². The van der Waals surface area contributed by atoms with Gasteiger partial charge in [-0.2, -0.15) is 0 Å². The van der Waals surface area contributed by atoms with Crippen molar-refractivity contribution in [2.45, 2.75) is 10.9 Å². The molecule has 1 aromatic carbocycles. The van der Waals surface area contributed by atoms with Gasteiger partial charge in [-0.15, -0.1) is 0 Å². The minimum Gasteiger partial charge on any atom is -0.383 e. The monoisotopic (exact) mass is 244 g/mol. The van der Waals surface area contributed by atoms with Crippen molar-refractivity contribution in [3.63, 3.8) is 0 Å². The zero-order valence-corrected chi connectivity index (χ0v) is 9.91. The smallest absolute Gasteiger partial charge is 0.240 e. The van der Waals surface area contributed by atoms with Gasteiger partial charge in [0.05, 0.1) is 17.5 Å². The van der Waals surface area contributed by atoms with Crippen LogP contribution in [0.4, 0.5) is 0 Å². The number of rotatable bonds is 6. The average Bonchev–Trinajstić information content (AvgIpc) is 2.29. The molecule has 1 unspecified atom stereocenters. The van der Waals surface area contributed by atoms with Gasteiger partial charge < -0.3 is 10.5 Å². The lowest BCUT2D eigenvalue weighted by Crippen LogP contribution is -2.43. The van der Waals surface area contributed by atoms with E-state index in [4.69, 9.17) is 10.5 Å². The van der Waals surface area contributed by atoms with Crippen LogP contribution in [0.25, 0.3) is 0 Å². The van der Waals surface area contributed by atoms with Gasteiger partial charge in [0, 0.05) is 13.7 Å². The van der Waals surface area contributed by atoms with Crippen LogP contribution in [-0.4, -0.2) is 34.7 Å². The summed E-state index contributed by atoms with van der Waals surface area (Å²) in [5, 5.41) is 0. The molecule has 0 aromatic heterocycles. The Hall–Kier alpha value is -0.950. The molecule has 0 amide bonds. The van der Waals surface area contributed by atoms with Crippen LogP contribution in [0.15, 0.2) is 35.2 Å². The highest BCUT2D eigenvalue weighted by Crippen LogP contribution is 2.07. The van der Waals surface area contributed by atoms with Crippen molar-refractivity contribution in [2.75, 3.05) is 20.3 Å². The molecule has 0 bridgehead atoms. The largest absolute Gasteiger partial charge is 0.383 e. The van der Waals surface area contributed by atoms with Crippen molar-refractivity contribution in [3.05, 3.63) is 30.3 Å². The standard InChI is InChI=1S/C10H16N2O3S/c1-15-8-9(7-11)12-16(13,14)10-5-3-2-4-6-10/h2-6,9,12H,7-8,11H2,1H3. The quantitative estimate of drug-likeness (QED) is 0.734. The molecule has 0 aliphatic rings. The number of ether oxygens (including phenoxy) is 1. The molecule has 90 valence electrons. The Morgan fingerprint density at radius 2 is 2.00 bits per heavy atom. The first kappa shape index (κ1) is 13.1. The topological polar surface area (TPSA) is 81.4 Å². The number of benzene rings is 1. The third-order valence-electron chi connectivity index (χ3n) is 2.03. The maximum atomic E-state index is 11.9. The lowest BCUT2D eigenvalue weighted by atomic mass is 10.3. The van der Waals surface area contributed by atoms with Gasteiger partial charge in [0.15, 0.2) is 0 Å². The molecule has 1 rings (SSSR count). The van der Waals surface area contributed by atoms with Gasteiger partial charge in [0.25, 0.3) is 0 Å². The summed E-state index contributed by atoms with van der Waals surface area (Å²) in [6.07, 6.45) is 0. The second kappa shape index (κ2) is 5.95. The Bertz CT molecular complexity index is 405. The summed E-state index contributed by atoms with van der Waals surface area (Å²) >= 11 is 0. The number of hydrogen-bond donors (Lipinski definition) is 2. The van der Waals surface area contributed by atoms with Gasteiger partial charge in [-0.1, -0.05) is 18.2 Å². The molecule has 0 aliphatic heterocycles. The molecule has 1 atom stereocenters. The Labute approximate surface area is 95.7 Å². The van der Waals surface area contributed by atoms with E-state index in [0.717, 1.165) is 0 Å². The number of nitrogens with two attached hydrogens (primary N) is 1. The first-order valence-corrected chi connectivity index (χ1v) is 6.35. The number of methoxy groups -OCH3 is 1. The van der Waals surface area contributed by atoms with Crippen molar-refractivity contribution >= 4 is 10.0 Å². The highest BCUT2D eigenvalue weighted by atomic mass is 32.2. The molecule has 0 aliphatic carbocycles. The number of nitrogens with one attached hydrogen (secondary N) is 1. The van der Waals surface area contributed by atoms with E-state index in [2.05, 4.69) is 4.72 Å². The first-order chi connectivity index (χ1) is 7.60. The van der Waals surface area contributed by atoms with E-state index < -0.39 is 16.1 Å². The molecule has 0 fully saturated rings. The SMILES string of the molecule is COCC(CN)NS(=O)(=O)c1ccccc1. The second-order valence-corrected chi connectivity index (χ2v) is 5.04. The first-order valence-electron chi connectivity index (χ1n) is 4.86. The fraction of sp³-hybridized carbons (Fsp3) is 0.400. The van der Waals surface area contributed by atoms with Gasteiger partial charge in [0.2, 0.25) is 10.0 Å². The van der Waals surface area contributed by atoms with Gasteiger partial charge in [0.1, 0.15) is 0 Å². The normalized spacial score (nSPS) is 13.6. The van der Waals surface area contributed by atoms with E-state index in [-0.39, 0.29) is 18.0 Å². The predicted octanol–water partition coefficient (Wildman–Crippen LogP) is -0.0614. The van der Waals surface area contributed by atoms with E-state index in [9.17, 15) is 8.42 Å². The second-order valence-electron chi connectivity index (χ2n) is 3.32. The molecule has 0 heterocycles. The van der Waals surface area contributed by atoms with Crippen LogP contribution < -0.4 is 10.5 Å². The van der Waals surface area contributed by atoms with Crippen LogP contribution in [0.1, 0.15) is 0 Å². The lowest BCUT2D eigenvalue weighted by molar-refractivity contribution is 0.177. The maximum absolute atomic E-state index is 11.9. The fourth-order valence-corrected chi connectivity index (χ4v) is 2.49. The molecule has 16 heavy (non-hydrogen) atoms. The summed E-state index contributed by atoms with van der Waals surface area (Å²) in [5.74, 6) is 0. The van der Waals surface area contributed by atoms with E-state index in [1.54, 1.807) is 18.2 Å². The van der Waals surface area contributed by atoms with Crippen LogP contribution in [0, 0.1) is 0 Å². The van der Waals surface area contributed by atoms with Crippen LogP contribution in [-0.2, 0) is 14.8 Å². The summed E-state index contributed by atoms with van der Waals surface area (Å²) in [4.78, 5) is 0.226. The highest BCUT2D eigenvalue weighted by molar-refractivity contribution is 7.89. The Morgan fingerprint density at radius 3 is 2.50 bits per heavy atom. The minimum atomic E-state index is -3.50. The highest BCUT2D eigenvalue weighted by Gasteiger charge is 2.18. The zero-order chi connectivity index (χ0) is 12.0. The minimum absolute atomic E-state index is 0.194. The average molecular weight is 244 g/mol. The van der Waals surface area contributed by atoms with Crippen LogP contribution in [0.2, 0.25) is 0 Å². The molecule has 0 saturated carbocycles. The number of hydrogen-bond acceptors (Lipinski definition) is 4.